The van der Waals surface area contributed by atoms with E-state index in [9.17, 15) is 0 Å². The van der Waals surface area contributed by atoms with E-state index in [1.807, 2.05) is 0 Å². The highest BCUT2D eigenvalue weighted by Gasteiger charge is 1.82. The van der Waals surface area contributed by atoms with E-state index >= 15 is 0 Å². The molecule has 0 aliphatic rings. The van der Waals surface area contributed by atoms with Crippen molar-refractivity contribution in [3.05, 3.63) is 35.9 Å². The van der Waals surface area contributed by atoms with Gasteiger partial charge in [-0.2, -0.15) is 0 Å². The minimum absolute atomic E-state index is 1.07. The average molecular weight is 144 g/mol. The lowest BCUT2D eigenvalue weighted by atomic mass is 10.5. The Bertz CT molecular complexity index is 117. The highest BCUT2D eigenvalue weighted by atomic mass is 31.0. The first-order chi connectivity index (χ1) is 3.72. The maximum absolute atomic E-state index is 3.59. The smallest absolute Gasteiger partial charge is 0.0237 e. The Kier molecular flexibility index (Phi) is 4.05. The van der Waals surface area contributed by atoms with E-state index in [4.69, 9.17) is 0 Å². The molecule has 0 aliphatic carbocycles. The number of hydrogen-bond donors (Lipinski definition) is 0. The molecule has 2 unspecified atom stereocenters. The molecule has 44 valence electrons. The van der Waals surface area contributed by atoms with E-state index in [1.54, 1.807) is 12.2 Å². The molecular formula is C6H10P2. The first-order valence-corrected chi connectivity index (χ1v) is 3.38. The molecule has 0 amide bonds. The topological polar surface area (TPSA) is 0 Å². The SMILES string of the molecule is C=C/C(P)=C(/P)C=C. The van der Waals surface area contributed by atoms with Gasteiger partial charge in [-0.25, -0.2) is 0 Å². The van der Waals surface area contributed by atoms with Crippen molar-refractivity contribution in [2.75, 3.05) is 0 Å². The summed E-state index contributed by atoms with van der Waals surface area (Å²) in [4.78, 5) is 0. The van der Waals surface area contributed by atoms with Crippen LogP contribution >= 0.6 is 18.5 Å². The zero-order valence-corrected chi connectivity index (χ0v) is 7.03. The van der Waals surface area contributed by atoms with Crippen LogP contribution in [0.3, 0.4) is 0 Å². The highest BCUT2D eigenvalue weighted by molar-refractivity contribution is 7.28. The van der Waals surface area contributed by atoms with Crippen LogP contribution in [0.25, 0.3) is 0 Å². The summed E-state index contributed by atoms with van der Waals surface area (Å²) in [5.74, 6) is 0. The fourth-order valence-electron chi connectivity index (χ4n) is 0.236. The molecule has 0 aromatic heterocycles. The van der Waals surface area contributed by atoms with Gasteiger partial charge in [0.15, 0.2) is 0 Å². The van der Waals surface area contributed by atoms with E-state index in [1.165, 1.54) is 0 Å². The van der Waals surface area contributed by atoms with Gasteiger partial charge in [0, 0.05) is 0 Å². The van der Waals surface area contributed by atoms with E-state index in [2.05, 4.69) is 31.6 Å². The molecule has 0 rings (SSSR count). The van der Waals surface area contributed by atoms with Crippen molar-refractivity contribution in [2.45, 2.75) is 0 Å². The van der Waals surface area contributed by atoms with Gasteiger partial charge in [0.2, 0.25) is 0 Å². The van der Waals surface area contributed by atoms with Gasteiger partial charge in [-0.15, -0.1) is 18.5 Å². The summed E-state index contributed by atoms with van der Waals surface area (Å²) in [7, 11) is 5.13. The fraction of sp³-hybridized carbons (Fsp3) is 0. The van der Waals surface area contributed by atoms with Crippen molar-refractivity contribution in [3.63, 3.8) is 0 Å². The van der Waals surface area contributed by atoms with E-state index < -0.39 is 0 Å². The highest BCUT2D eigenvalue weighted by Crippen LogP contribution is 2.19. The van der Waals surface area contributed by atoms with Gasteiger partial charge in [0.1, 0.15) is 0 Å². The summed E-state index contributed by atoms with van der Waals surface area (Å²) in [6.45, 7) is 7.18. The van der Waals surface area contributed by atoms with Crippen LogP contribution in [-0.2, 0) is 0 Å². The Morgan fingerprint density at radius 3 is 1.38 bits per heavy atom. The van der Waals surface area contributed by atoms with Crippen LogP contribution in [0.15, 0.2) is 35.9 Å². The average Bonchev–Trinajstić information content (AvgIpc) is 1.84. The zero-order chi connectivity index (χ0) is 6.57. The molecule has 0 radical (unpaired) electrons. The van der Waals surface area contributed by atoms with Crippen molar-refractivity contribution in [3.8, 4) is 0 Å². The zero-order valence-electron chi connectivity index (χ0n) is 4.72. The summed E-state index contributed by atoms with van der Waals surface area (Å²) >= 11 is 0. The largest absolute Gasteiger partial charge is 0.105 e. The lowest BCUT2D eigenvalue weighted by Gasteiger charge is -1.92. The summed E-state index contributed by atoms with van der Waals surface area (Å²) in [6, 6.07) is 0. The summed E-state index contributed by atoms with van der Waals surface area (Å²) in [5.41, 5.74) is 0. The molecule has 0 saturated carbocycles. The second-order valence-electron chi connectivity index (χ2n) is 1.32. The van der Waals surface area contributed by atoms with Crippen LogP contribution in [0.4, 0.5) is 0 Å². The third kappa shape index (κ3) is 2.40. The van der Waals surface area contributed by atoms with Crippen LogP contribution in [-0.4, -0.2) is 0 Å². The van der Waals surface area contributed by atoms with Gasteiger partial charge in [-0.05, 0) is 10.6 Å². The molecule has 8 heavy (non-hydrogen) atoms. The van der Waals surface area contributed by atoms with Crippen LogP contribution in [0.1, 0.15) is 0 Å². The molecule has 0 spiro atoms. The Labute approximate surface area is 55.2 Å². The van der Waals surface area contributed by atoms with Gasteiger partial charge >= 0.3 is 0 Å². The first kappa shape index (κ1) is 8.08. The fourth-order valence-corrected chi connectivity index (χ4v) is 0.471. The Hall–Kier alpha value is 0.0800. The molecule has 2 heteroatoms. The number of allylic oxidation sites excluding steroid dienone is 4. The van der Waals surface area contributed by atoms with Crippen LogP contribution in [0, 0.1) is 0 Å². The molecule has 0 saturated heterocycles. The monoisotopic (exact) mass is 144 g/mol. The lowest BCUT2D eigenvalue weighted by Crippen LogP contribution is -1.62. The molecule has 0 heterocycles. The maximum atomic E-state index is 3.59. The van der Waals surface area contributed by atoms with Gasteiger partial charge in [0.25, 0.3) is 0 Å². The maximum Gasteiger partial charge on any atom is -0.0237 e. The molecule has 0 bridgehead atoms. The lowest BCUT2D eigenvalue weighted by molar-refractivity contribution is 1.87. The van der Waals surface area contributed by atoms with Crippen molar-refractivity contribution < 1.29 is 0 Å². The van der Waals surface area contributed by atoms with Gasteiger partial charge in [0.05, 0.1) is 0 Å². The van der Waals surface area contributed by atoms with E-state index in [0.717, 1.165) is 10.6 Å². The van der Waals surface area contributed by atoms with Gasteiger partial charge < -0.3 is 0 Å². The predicted octanol–water partition coefficient (Wildman–Crippen LogP) is 2.32. The van der Waals surface area contributed by atoms with Gasteiger partial charge in [-0.1, -0.05) is 25.3 Å². The quantitative estimate of drug-likeness (QED) is 0.412. The summed E-state index contributed by atoms with van der Waals surface area (Å²) < 4.78 is 0. The van der Waals surface area contributed by atoms with Crippen molar-refractivity contribution in [2.24, 2.45) is 0 Å². The normalized spacial score (nSPS) is 12.2. The Morgan fingerprint density at radius 2 is 1.25 bits per heavy atom. The minimum atomic E-state index is 1.07. The molecule has 0 fully saturated rings. The first-order valence-electron chi connectivity index (χ1n) is 2.22. The van der Waals surface area contributed by atoms with Crippen molar-refractivity contribution >= 4 is 18.5 Å². The molecular weight excluding hydrogens is 134 g/mol. The van der Waals surface area contributed by atoms with E-state index in [-0.39, 0.29) is 0 Å². The van der Waals surface area contributed by atoms with Gasteiger partial charge in [-0.3, -0.25) is 0 Å². The second-order valence-corrected chi connectivity index (χ2v) is 2.56. The van der Waals surface area contributed by atoms with Crippen molar-refractivity contribution in [1.82, 2.24) is 0 Å². The number of rotatable bonds is 2. The Balaban J connectivity index is 4.25. The molecule has 0 aromatic rings. The van der Waals surface area contributed by atoms with E-state index in [0.29, 0.717) is 0 Å². The van der Waals surface area contributed by atoms with Crippen LogP contribution in [0.2, 0.25) is 0 Å². The second kappa shape index (κ2) is 4.01. The Morgan fingerprint density at radius 1 is 1.00 bits per heavy atom. The molecule has 0 N–H and O–H groups in total. The third-order valence-electron chi connectivity index (χ3n) is 0.773. The predicted molar refractivity (Wildman–Crippen MR) is 46.8 cm³/mol. The summed E-state index contributed by atoms with van der Waals surface area (Å²) in [6.07, 6.45) is 3.54. The molecule has 0 aliphatic heterocycles. The molecule has 0 nitrogen and oxygen atoms in total. The third-order valence-corrected chi connectivity index (χ3v) is 2.24. The summed E-state index contributed by atoms with van der Waals surface area (Å²) in [5, 5.41) is 2.15. The molecule has 0 aromatic carbocycles. The molecule has 2 atom stereocenters. The van der Waals surface area contributed by atoms with Crippen LogP contribution < -0.4 is 0 Å². The number of hydrogen-bond acceptors (Lipinski definition) is 0. The standard InChI is InChI=1S/C6H10P2/c1-3-5(7)6(8)4-2/h3-4H,1-2,7-8H2/b6-5-. The van der Waals surface area contributed by atoms with Crippen LogP contribution in [0.5, 0.6) is 0 Å². The minimum Gasteiger partial charge on any atom is -0.105 e. The van der Waals surface area contributed by atoms with Crippen molar-refractivity contribution in [1.29, 1.82) is 0 Å².